The standard InChI is InChI=1S/C15H20N4OS/c20-14(6-7-15-16-8-9-21-15)17-13-10-12(18-19-13)11-4-2-1-3-5-11/h8-11H,1-7H2,(H2,17,18,19,20). The van der Waals surface area contributed by atoms with E-state index in [1.54, 1.807) is 17.5 Å². The van der Waals surface area contributed by atoms with Crippen LogP contribution in [0.4, 0.5) is 5.82 Å². The average Bonchev–Trinajstić information content (AvgIpc) is 3.17. The largest absolute Gasteiger partial charge is 0.309 e. The molecule has 0 atom stereocenters. The summed E-state index contributed by atoms with van der Waals surface area (Å²) < 4.78 is 0. The first-order chi connectivity index (χ1) is 10.3. The van der Waals surface area contributed by atoms with Gasteiger partial charge in [0.1, 0.15) is 0 Å². The van der Waals surface area contributed by atoms with Crippen LogP contribution in [-0.2, 0) is 11.2 Å². The fourth-order valence-electron chi connectivity index (χ4n) is 2.83. The third kappa shape index (κ3) is 3.91. The van der Waals surface area contributed by atoms with Gasteiger partial charge < -0.3 is 5.32 Å². The molecule has 0 saturated heterocycles. The van der Waals surface area contributed by atoms with E-state index in [4.69, 9.17) is 0 Å². The number of nitrogens with one attached hydrogen (secondary N) is 2. The Kier molecular flexibility index (Phi) is 4.65. The molecule has 0 bridgehead atoms. The van der Waals surface area contributed by atoms with Gasteiger partial charge in [-0.25, -0.2) is 4.98 Å². The molecule has 1 saturated carbocycles. The second-order valence-electron chi connectivity index (χ2n) is 5.52. The molecule has 5 nitrogen and oxygen atoms in total. The number of amides is 1. The maximum Gasteiger partial charge on any atom is 0.225 e. The molecule has 21 heavy (non-hydrogen) atoms. The Labute approximate surface area is 128 Å². The highest BCUT2D eigenvalue weighted by Crippen LogP contribution is 2.32. The molecule has 1 aliphatic carbocycles. The van der Waals surface area contributed by atoms with Gasteiger partial charge in [-0.1, -0.05) is 19.3 Å². The Morgan fingerprint density at radius 2 is 2.24 bits per heavy atom. The minimum absolute atomic E-state index is 0.00751. The summed E-state index contributed by atoms with van der Waals surface area (Å²) >= 11 is 1.58. The lowest BCUT2D eigenvalue weighted by Crippen LogP contribution is -2.12. The zero-order chi connectivity index (χ0) is 14.5. The molecule has 1 amide bonds. The predicted octanol–water partition coefficient (Wildman–Crippen LogP) is 3.49. The Morgan fingerprint density at radius 3 is 3.00 bits per heavy atom. The molecule has 0 aliphatic heterocycles. The summed E-state index contributed by atoms with van der Waals surface area (Å²) in [6.07, 6.45) is 9.26. The van der Waals surface area contributed by atoms with Crippen LogP contribution in [0.3, 0.4) is 0 Å². The molecule has 0 aromatic carbocycles. The predicted molar refractivity (Wildman–Crippen MR) is 83.5 cm³/mol. The number of anilines is 1. The second kappa shape index (κ2) is 6.85. The van der Waals surface area contributed by atoms with Crippen LogP contribution in [0.15, 0.2) is 17.6 Å². The molecule has 2 N–H and O–H groups in total. The smallest absolute Gasteiger partial charge is 0.225 e. The Bertz CT molecular complexity index is 572. The molecule has 0 spiro atoms. The van der Waals surface area contributed by atoms with E-state index in [-0.39, 0.29) is 5.91 Å². The first-order valence-electron chi connectivity index (χ1n) is 7.55. The van der Waals surface area contributed by atoms with Gasteiger partial charge in [-0.2, -0.15) is 5.10 Å². The molecule has 0 unspecified atom stereocenters. The zero-order valence-electron chi connectivity index (χ0n) is 12.0. The number of rotatable bonds is 5. The van der Waals surface area contributed by atoms with Crippen molar-refractivity contribution in [1.82, 2.24) is 15.2 Å². The molecule has 3 rings (SSSR count). The van der Waals surface area contributed by atoms with E-state index in [1.165, 1.54) is 32.1 Å². The van der Waals surface area contributed by atoms with Crippen molar-refractivity contribution in [3.05, 3.63) is 28.3 Å². The molecular weight excluding hydrogens is 284 g/mol. The van der Waals surface area contributed by atoms with E-state index in [0.717, 1.165) is 10.7 Å². The molecule has 112 valence electrons. The van der Waals surface area contributed by atoms with Gasteiger partial charge in [0.15, 0.2) is 5.82 Å². The van der Waals surface area contributed by atoms with Crippen molar-refractivity contribution in [1.29, 1.82) is 0 Å². The zero-order valence-corrected chi connectivity index (χ0v) is 12.8. The summed E-state index contributed by atoms with van der Waals surface area (Å²) in [4.78, 5) is 16.1. The van der Waals surface area contributed by atoms with Crippen LogP contribution < -0.4 is 5.32 Å². The first kappa shape index (κ1) is 14.3. The van der Waals surface area contributed by atoms with Gasteiger partial charge >= 0.3 is 0 Å². The fraction of sp³-hybridized carbons (Fsp3) is 0.533. The monoisotopic (exact) mass is 304 g/mol. The van der Waals surface area contributed by atoms with Gasteiger partial charge in [0.2, 0.25) is 5.91 Å². The van der Waals surface area contributed by atoms with Gasteiger partial charge in [-0.05, 0) is 12.8 Å². The molecule has 6 heteroatoms. The third-order valence-electron chi connectivity index (χ3n) is 3.96. The number of hydrogen-bond acceptors (Lipinski definition) is 4. The van der Waals surface area contributed by atoms with Crippen LogP contribution in [0, 0.1) is 0 Å². The summed E-state index contributed by atoms with van der Waals surface area (Å²) in [5, 5.41) is 13.1. The molecule has 2 aromatic heterocycles. The van der Waals surface area contributed by atoms with E-state index in [2.05, 4.69) is 20.5 Å². The van der Waals surface area contributed by atoms with Gasteiger partial charge in [0.25, 0.3) is 0 Å². The number of nitrogens with zero attached hydrogens (tertiary/aromatic N) is 2. The van der Waals surface area contributed by atoms with Crippen molar-refractivity contribution in [2.24, 2.45) is 0 Å². The van der Waals surface area contributed by atoms with Crippen LogP contribution in [0.25, 0.3) is 0 Å². The molecule has 1 aliphatic rings. The lowest BCUT2D eigenvalue weighted by atomic mass is 9.87. The number of aromatic amines is 1. The van der Waals surface area contributed by atoms with Crippen LogP contribution in [-0.4, -0.2) is 21.1 Å². The van der Waals surface area contributed by atoms with Crippen molar-refractivity contribution < 1.29 is 4.79 Å². The van der Waals surface area contributed by atoms with E-state index < -0.39 is 0 Å². The summed E-state index contributed by atoms with van der Waals surface area (Å²) in [5.41, 5.74) is 1.16. The van der Waals surface area contributed by atoms with Crippen molar-refractivity contribution in [2.75, 3.05) is 5.32 Å². The minimum Gasteiger partial charge on any atom is -0.309 e. The quantitative estimate of drug-likeness (QED) is 0.888. The number of carbonyl (C=O) groups excluding carboxylic acids is 1. The van der Waals surface area contributed by atoms with Crippen molar-refractivity contribution in [3.63, 3.8) is 0 Å². The van der Waals surface area contributed by atoms with E-state index in [0.29, 0.717) is 24.6 Å². The number of aromatic nitrogens is 3. The lowest BCUT2D eigenvalue weighted by molar-refractivity contribution is -0.116. The number of carbonyl (C=O) groups is 1. The van der Waals surface area contributed by atoms with Crippen LogP contribution in [0.2, 0.25) is 0 Å². The normalized spacial score (nSPS) is 16.0. The number of hydrogen-bond donors (Lipinski definition) is 2. The Balaban J connectivity index is 1.50. The van der Waals surface area contributed by atoms with Crippen LogP contribution >= 0.6 is 11.3 Å². The molecule has 1 fully saturated rings. The highest BCUT2D eigenvalue weighted by Gasteiger charge is 2.18. The lowest BCUT2D eigenvalue weighted by Gasteiger charge is -2.19. The second-order valence-corrected chi connectivity index (χ2v) is 6.50. The minimum atomic E-state index is -0.00751. The SMILES string of the molecule is O=C(CCc1nccs1)Nc1cc(C2CCCCC2)[nH]n1. The summed E-state index contributed by atoms with van der Waals surface area (Å²) in [6.45, 7) is 0. The highest BCUT2D eigenvalue weighted by molar-refractivity contribution is 7.09. The Hall–Kier alpha value is -1.69. The first-order valence-corrected chi connectivity index (χ1v) is 8.43. The van der Waals surface area contributed by atoms with Gasteiger partial charge in [-0.15, -0.1) is 11.3 Å². The number of thiazole rings is 1. The highest BCUT2D eigenvalue weighted by atomic mass is 32.1. The summed E-state index contributed by atoms with van der Waals surface area (Å²) in [7, 11) is 0. The van der Waals surface area contributed by atoms with Gasteiger partial charge in [0, 0.05) is 42.1 Å². The maximum atomic E-state index is 11.9. The topological polar surface area (TPSA) is 70.7 Å². The van der Waals surface area contributed by atoms with E-state index in [1.807, 2.05) is 11.4 Å². The molecule has 2 aromatic rings. The van der Waals surface area contributed by atoms with Gasteiger partial charge in [0.05, 0.1) is 5.01 Å². The third-order valence-corrected chi connectivity index (χ3v) is 4.80. The average molecular weight is 304 g/mol. The maximum absolute atomic E-state index is 11.9. The van der Waals surface area contributed by atoms with Crippen LogP contribution in [0.5, 0.6) is 0 Å². The molecule has 0 radical (unpaired) electrons. The number of H-pyrrole nitrogens is 1. The summed E-state index contributed by atoms with van der Waals surface area (Å²) in [6, 6.07) is 1.98. The Morgan fingerprint density at radius 1 is 1.38 bits per heavy atom. The summed E-state index contributed by atoms with van der Waals surface area (Å²) in [5.74, 6) is 1.21. The van der Waals surface area contributed by atoms with Crippen molar-refractivity contribution in [2.45, 2.75) is 50.9 Å². The molecule has 2 heterocycles. The van der Waals surface area contributed by atoms with Crippen molar-refractivity contribution >= 4 is 23.1 Å². The molecular formula is C15H20N4OS. The fourth-order valence-corrected chi connectivity index (χ4v) is 3.45. The van der Waals surface area contributed by atoms with Crippen molar-refractivity contribution in [3.8, 4) is 0 Å². The van der Waals surface area contributed by atoms with E-state index >= 15 is 0 Å². The van der Waals surface area contributed by atoms with Gasteiger partial charge in [-0.3, -0.25) is 9.89 Å². The van der Waals surface area contributed by atoms with E-state index in [9.17, 15) is 4.79 Å². The van der Waals surface area contributed by atoms with Crippen LogP contribution in [0.1, 0.15) is 55.1 Å². The number of aryl methyl sites for hydroxylation is 1.